The molecule has 0 radical (unpaired) electrons. The Hall–Kier alpha value is -1.64. The third-order valence-corrected chi connectivity index (χ3v) is 5.14. The molecule has 5 nitrogen and oxygen atoms in total. The average molecular weight is 508 g/mol. The summed E-state index contributed by atoms with van der Waals surface area (Å²) < 4.78 is 5.23. The molecular weight excluding hydrogens is 475 g/mol. The highest BCUT2D eigenvalue weighted by atomic mass is 127. The summed E-state index contributed by atoms with van der Waals surface area (Å²) in [7, 11) is 1.69. The molecule has 6 heteroatoms. The van der Waals surface area contributed by atoms with E-state index in [1.165, 1.54) is 44.3 Å². The number of benzene rings is 2. The van der Waals surface area contributed by atoms with Crippen molar-refractivity contribution in [1.29, 1.82) is 0 Å². The van der Waals surface area contributed by atoms with Crippen LogP contribution in [-0.2, 0) is 24.4 Å². The quantitative estimate of drug-likeness (QED) is 0.322. The molecule has 0 saturated carbocycles. The van der Waals surface area contributed by atoms with Gasteiger partial charge in [-0.25, -0.2) is 4.99 Å². The van der Waals surface area contributed by atoms with Crippen molar-refractivity contribution >= 4 is 35.6 Å². The van der Waals surface area contributed by atoms with Crippen molar-refractivity contribution < 1.29 is 4.74 Å². The van der Waals surface area contributed by atoms with Gasteiger partial charge in [-0.2, -0.15) is 0 Å². The van der Waals surface area contributed by atoms with Crippen molar-refractivity contribution in [3.05, 3.63) is 65.2 Å². The number of hydrogen-bond donors (Lipinski definition) is 2. The van der Waals surface area contributed by atoms with Crippen molar-refractivity contribution in [2.24, 2.45) is 10.7 Å². The second-order valence-corrected chi connectivity index (χ2v) is 7.42. The van der Waals surface area contributed by atoms with E-state index in [1.807, 2.05) is 24.3 Å². The molecule has 3 rings (SSSR count). The van der Waals surface area contributed by atoms with Crippen LogP contribution in [0.4, 0.5) is 5.69 Å². The number of para-hydroxylation sites is 1. The summed E-state index contributed by atoms with van der Waals surface area (Å²) in [5.74, 6) is 0.414. The Morgan fingerprint density at radius 3 is 2.34 bits per heavy atom. The summed E-state index contributed by atoms with van der Waals surface area (Å²) in [6, 6.07) is 16.7. The maximum Gasteiger partial charge on any atom is 0.193 e. The number of ether oxygens (including phenoxy) is 1. The first-order chi connectivity index (χ1) is 13.7. The van der Waals surface area contributed by atoms with E-state index in [9.17, 15) is 0 Å². The minimum Gasteiger partial charge on any atom is -0.380 e. The van der Waals surface area contributed by atoms with Gasteiger partial charge in [0, 0.05) is 24.9 Å². The first-order valence-corrected chi connectivity index (χ1v) is 10.2. The van der Waals surface area contributed by atoms with Crippen LogP contribution in [-0.4, -0.2) is 31.1 Å². The molecule has 0 atom stereocenters. The number of guanidine groups is 1. The molecule has 0 amide bonds. The molecule has 1 aliphatic heterocycles. The van der Waals surface area contributed by atoms with Gasteiger partial charge in [-0.3, -0.25) is 4.90 Å². The number of anilines is 1. The van der Waals surface area contributed by atoms with E-state index in [-0.39, 0.29) is 24.0 Å². The van der Waals surface area contributed by atoms with Gasteiger partial charge in [-0.15, -0.1) is 24.0 Å². The predicted molar refractivity (Wildman–Crippen MR) is 132 cm³/mol. The normalized spacial score (nSPS) is 15.4. The zero-order valence-corrected chi connectivity index (χ0v) is 19.6. The fourth-order valence-electron chi connectivity index (χ4n) is 3.58. The Labute approximate surface area is 191 Å². The van der Waals surface area contributed by atoms with Crippen LogP contribution in [0.5, 0.6) is 0 Å². The molecule has 0 aliphatic carbocycles. The van der Waals surface area contributed by atoms with E-state index in [0.717, 1.165) is 23.4 Å². The number of aliphatic imine (C=N–C) groups is 1. The Bertz CT molecular complexity index is 756. The summed E-state index contributed by atoms with van der Waals surface area (Å²) in [6.07, 6.45) is 5.40. The maximum atomic E-state index is 6.08. The first-order valence-electron chi connectivity index (χ1n) is 10.2. The second kappa shape index (κ2) is 12.8. The smallest absolute Gasteiger partial charge is 0.193 e. The molecule has 1 aliphatic rings. The number of halogens is 1. The lowest BCUT2D eigenvalue weighted by Crippen LogP contribution is -2.24. The first kappa shape index (κ1) is 23.6. The van der Waals surface area contributed by atoms with Crippen LogP contribution >= 0.6 is 24.0 Å². The molecule has 1 heterocycles. The van der Waals surface area contributed by atoms with Crippen LogP contribution in [0.2, 0.25) is 0 Å². The summed E-state index contributed by atoms with van der Waals surface area (Å²) in [6.45, 7) is 4.59. The highest BCUT2D eigenvalue weighted by molar-refractivity contribution is 14.0. The van der Waals surface area contributed by atoms with E-state index in [1.54, 1.807) is 7.11 Å². The molecule has 0 aromatic heterocycles. The molecular formula is C23H33IN4O. The fraction of sp³-hybridized carbons (Fsp3) is 0.435. The number of likely N-dealkylation sites (tertiary alicyclic amines) is 1. The Balaban J connectivity index is 0.00000300. The topological polar surface area (TPSA) is 62.9 Å². The molecule has 2 aromatic carbocycles. The van der Waals surface area contributed by atoms with E-state index < -0.39 is 0 Å². The molecule has 1 fully saturated rings. The van der Waals surface area contributed by atoms with E-state index in [0.29, 0.717) is 19.1 Å². The average Bonchev–Trinajstić information content (AvgIpc) is 2.98. The minimum atomic E-state index is 0. The van der Waals surface area contributed by atoms with Gasteiger partial charge < -0.3 is 15.8 Å². The van der Waals surface area contributed by atoms with Gasteiger partial charge in [0.2, 0.25) is 0 Å². The molecule has 158 valence electrons. The zero-order valence-electron chi connectivity index (χ0n) is 17.3. The maximum absolute atomic E-state index is 6.08. The van der Waals surface area contributed by atoms with Crippen molar-refractivity contribution in [2.75, 3.05) is 25.5 Å². The fourth-order valence-corrected chi connectivity index (χ4v) is 3.58. The van der Waals surface area contributed by atoms with Crippen molar-refractivity contribution in [2.45, 2.75) is 45.4 Å². The van der Waals surface area contributed by atoms with Gasteiger partial charge in [0.05, 0.1) is 13.2 Å². The molecule has 2 aromatic rings. The molecule has 0 unspecified atom stereocenters. The highest BCUT2D eigenvalue weighted by Crippen LogP contribution is 2.16. The minimum absolute atomic E-state index is 0. The number of methoxy groups -OCH3 is 1. The third-order valence-electron chi connectivity index (χ3n) is 5.14. The molecule has 0 bridgehead atoms. The van der Waals surface area contributed by atoms with E-state index >= 15 is 0 Å². The van der Waals surface area contributed by atoms with Gasteiger partial charge in [0.1, 0.15) is 0 Å². The second-order valence-electron chi connectivity index (χ2n) is 7.42. The summed E-state index contributed by atoms with van der Waals surface area (Å²) in [5.41, 5.74) is 10.6. The zero-order chi connectivity index (χ0) is 19.6. The van der Waals surface area contributed by atoms with Crippen LogP contribution in [0.25, 0.3) is 0 Å². The number of rotatable bonds is 7. The largest absolute Gasteiger partial charge is 0.380 e. The summed E-state index contributed by atoms with van der Waals surface area (Å²) >= 11 is 0. The molecule has 1 saturated heterocycles. The van der Waals surface area contributed by atoms with Crippen LogP contribution in [0.1, 0.15) is 42.4 Å². The lowest BCUT2D eigenvalue weighted by Gasteiger charge is -2.19. The van der Waals surface area contributed by atoms with Gasteiger partial charge in [-0.1, -0.05) is 55.3 Å². The number of nitrogens with zero attached hydrogens (tertiary/aromatic N) is 2. The van der Waals surface area contributed by atoms with Crippen molar-refractivity contribution in [1.82, 2.24) is 4.90 Å². The number of nitrogens with one attached hydrogen (secondary N) is 1. The Morgan fingerprint density at radius 1 is 1.00 bits per heavy atom. The number of hydrogen-bond acceptors (Lipinski definition) is 3. The van der Waals surface area contributed by atoms with Crippen LogP contribution in [0.3, 0.4) is 0 Å². The third kappa shape index (κ3) is 7.95. The lowest BCUT2D eigenvalue weighted by atomic mass is 10.1. The summed E-state index contributed by atoms with van der Waals surface area (Å²) in [4.78, 5) is 7.05. The van der Waals surface area contributed by atoms with Crippen LogP contribution in [0, 0.1) is 0 Å². The highest BCUT2D eigenvalue weighted by Gasteiger charge is 2.09. The monoisotopic (exact) mass is 508 g/mol. The molecule has 29 heavy (non-hydrogen) atoms. The van der Waals surface area contributed by atoms with Crippen LogP contribution < -0.4 is 11.1 Å². The van der Waals surface area contributed by atoms with E-state index in [2.05, 4.69) is 39.5 Å². The number of nitrogens with two attached hydrogens (primary N) is 1. The van der Waals surface area contributed by atoms with Crippen LogP contribution in [0.15, 0.2) is 53.5 Å². The standard InChI is InChI=1S/C23H32N4O.HI/c1-28-18-21-8-4-5-9-22(21)26-23(24)25-16-19-10-12-20(13-11-19)17-27-14-6-2-3-7-15-27;/h4-5,8-13H,2-3,6-7,14-18H2,1H3,(H3,24,25,26);1H. The van der Waals surface area contributed by atoms with Gasteiger partial charge >= 0.3 is 0 Å². The summed E-state index contributed by atoms with van der Waals surface area (Å²) in [5, 5.41) is 3.18. The SMILES string of the molecule is COCc1ccccc1NC(N)=NCc1ccc(CN2CCCCCC2)cc1.I. The Kier molecular flexibility index (Phi) is 10.5. The van der Waals surface area contributed by atoms with Crippen molar-refractivity contribution in [3.8, 4) is 0 Å². The van der Waals surface area contributed by atoms with Crippen molar-refractivity contribution in [3.63, 3.8) is 0 Å². The van der Waals surface area contributed by atoms with E-state index in [4.69, 9.17) is 10.5 Å². The molecule has 3 N–H and O–H groups in total. The van der Waals surface area contributed by atoms with Gasteiger partial charge in [0.25, 0.3) is 0 Å². The molecule has 0 spiro atoms. The lowest BCUT2D eigenvalue weighted by molar-refractivity contribution is 0.185. The predicted octanol–water partition coefficient (Wildman–Crippen LogP) is 4.75. The Morgan fingerprint density at radius 2 is 1.66 bits per heavy atom. The van der Waals surface area contributed by atoms with Gasteiger partial charge in [-0.05, 0) is 43.1 Å². The van der Waals surface area contributed by atoms with Gasteiger partial charge in [0.15, 0.2) is 5.96 Å².